The molecule has 102 valence electrons. The highest BCUT2D eigenvalue weighted by molar-refractivity contribution is 7.08. The van der Waals surface area contributed by atoms with E-state index in [0.29, 0.717) is 0 Å². The van der Waals surface area contributed by atoms with E-state index in [9.17, 15) is 0 Å². The number of hydrogen-bond donors (Lipinski definition) is 2. The molecule has 0 bridgehead atoms. The van der Waals surface area contributed by atoms with E-state index in [1.807, 2.05) is 7.05 Å². The lowest BCUT2D eigenvalue weighted by molar-refractivity contribution is 0.682. The van der Waals surface area contributed by atoms with Crippen molar-refractivity contribution in [2.24, 2.45) is 0 Å². The molecule has 2 nitrogen and oxygen atoms in total. The zero-order chi connectivity index (χ0) is 13.5. The summed E-state index contributed by atoms with van der Waals surface area (Å²) in [6.45, 7) is 5.10. The second-order valence-electron chi connectivity index (χ2n) is 4.81. The molecule has 0 saturated heterocycles. The summed E-state index contributed by atoms with van der Waals surface area (Å²) in [5.41, 5.74) is 5.65. The molecule has 0 aliphatic heterocycles. The second kappa shape index (κ2) is 7.43. The van der Waals surface area contributed by atoms with Crippen molar-refractivity contribution in [2.45, 2.75) is 26.4 Å². The minimum Gasteiger partial charge on any atom is -0.319 e. The molecule has 3 heteroatoms. The summed E-state index contributed by atoms with van der Waals surface area (Å²) >= 11 is 1.78. The van der Waals surface area contributed by atoms with Crippen LogP contribution in [0.2, 0.25) is 0 Å². The Bertz CT molecular complexity index is 505. The first kappa shape index (κ1) is 14.3. The second-order valence-corrected chi connectivity index (χ2v) is 5.55. The van der Waals surface area contributed by atoms with E-state index in [4.69, 9.17) is 0 Å². The standard InChI is InChI=1S/C16H22N2S/c1-13-11-19-12-16(13)10-18-9-15-6-4-3-5-14(15)7-8-17-2/h3-6,11-12,17-18H,7-10H2,1-2H3. The highest BCUT2D eigenvalue weighted by atomic mass is 32.1. The lowest BCUT2D eigenvalue weighted by Gasteiger charge is -2.10. The highest BCUT2D eigenvalue weighted by Crippen LogP contribution is 2.14. The Kier molecular flexibility index (Phi) is 5.58. The van der Waals surface area contributed by atoms with Crippen LogP contribution in [0.25, 0.3) is 0 Å². The lowest BCUT2D eigenvalue weighted by Crippen LogP contribution is -2.16. The monoisotopic (exact) mass is 274 g/mol. The Morgan fingerprint density at radius 2 is 1.74 bits per heavy atom. The van der Waals surface area contributed by atoms with E-state index in [1.165, 1.54) is 22.3 Å². The molecule has 2 rings (SSSR count). The zero-order valence-corrected chi connectivity index (χ0v) is 12.5. The first-order chi connectivity index (χ1) is 9.31. The van der Waals surface area contributed by atoms with Gasteiger partial charge in [0.2, 0.25) is 0 Å². The number of aryl methyl sites for hydroxylation is 1. The maximum absolute atomic E-state index is 3.55. The van der Waals surface area contributed by atoms with Crippen LogP contribution in [0.4, 0.5) is 0 Å². The molecule has 1 aromatic heterocycles. The van der Waals surface area contributed by atoms with Crippen LogP contribution in [0.15, 0.2) is 35.0 Å². The van der Waals surface area contributed by atoms with Gasteiger partial charge in [0.1, 0.15) is 0 Å². The third-order valence-electron chi connectivity index (χ3n) is 3.36. The van der Waals surface area contributed by atoms with Crippen LogP contribution in [-0.2, 0) is 19.5 Å². The highest BCUT2D eigenvalue weighted by Gasteiger charge is 2.02. The molecule has 1 aromatic carbocycles. The van der Waals surface area contributed by atoms with Crippen molar-refractivity contribution < 1.29 is 0 Å². The van der Waals surface area contributed by atoms with Crippen LogP contribution < -0.4 is 10.6 Å². The van der Waals surface area contributed by atoms with Gasteiger partial charge in [0.25, 0.3) is 0 Å². The van der Waals surface area contributed by atoms with Gasteiger partial charge in [0.15, 0.2) is 0 Å². The minimum absolute atomic E-state index is 0.940. The fourth-order valence-corrected chi connectivity index (χ4v) is 2.99. The number of hydrogen-bond acceptors (Lipinski definition) is 3. The predicted octanol–water partition coefficient (Wildman–Crippen LogP) is 3.11. The Morgan fingerprint density at radius 1 is 1.00 bits per heavy atom. The summed E-state index contributed by atoms with van der Waals surface area (Å²) in [4.78, 5) is 0. The molecule has 0 unspecified atom stereocenters. The third kappa shape index (κ3) is 4.16. The van der Waals surface area contributed by atoms with Crippen LogP contribution in [0, 0.1) is 6.92 Å². The van der Waals surface area contributed by atoms with Crippen LogP contribution in [0.1, 0.15) is 22.3 Å². The van der Waals surface area contributed by atoms with Gasteiger partial charge >= 0.3 is 0 Å². The van der Waals surface area contributed by atoms with Gasteiger partial charge < -0.3 is 10.6 Å². The molecule has 1 heterocycles. The van der Waals surface area contributed by atoms with Gasteiger partial charge in [-0.05, 0) is 60.0 Å². The predicted molar refractivity (Wildman–Crippen MR) is 83.7 cm³/mol. The van der Waals surface area contributed by atoms with Crippen LogP contribution in [0.5, 0.6) is 0 Å². The summed E-state index contributed by atoms with van der Waals surface area (Å²) in [5, 5.41) is 11.2. The van der Waals surface area contributed by atoms with Crippen molar-refractivity contribution >= 4 is 11.3 Å². The summed E-state index contributed by atoms with van der Waals surface area (Å²) < 4.78 is 0. The number of rotatable bonds is 7. The first-order valence-electron chi connectivity index (χ1n) is 6.75. The number of likely N-dealkylation sites (N-methyl/N-ethyl adjacent to an activating group) is 1. The molecule has 2 N–H and O–H groups in total. The van der Waals surface area contributed by atoms with Gasteiger partial charge in [0.05, 0.1) is 0 Å². The molecular weight excluding hydrogens is 252 g/mol. The number of nitrogens with one attached hydrogen (secondary N) is 2. The molecule has 2 aromatic rings. The summed E-state index contributed by atoms with van der Waals surface area (Å²) in [6.07, 6.45) is 1.09. The average Bonchev–Trinajstić information content (AvgIpc) is 2.83. The molecule has 0 saturated carbocycles. The fraction of sp³-hybridized carbons (Fsp3) is 0.375. The van der Waals surface area contributed by atoms with Crippen molar-refractivity contribution in [1.82, 2.24) is 10.6 Å². The Hall–Kier alpha value is -1.16. The molecule has 0 atom stereocenters. The topological polar surface area (TPSA) is 24.1 Å². The van der Waals surface area contributed by atoms with E-state index in [0.717, 1.165) is 26.1 Å². The van der Waals surface area contributed by atoms with Gasteiger partial charge in [-0.3, -0.25) is 0 Å². The summed E-state index contributed by atoms with van der Waals surface area (Å²) in [6, 6.07) is 8.69. The van der Waals surface area contributed by atoms with E-state index >= 15 is 0 Å². The molecule has 19 heavy (non-hydrogen) atoms. The van der Waals surface area contributed by atoms with Crippen molar-refractivity contribution in [3.63, 3.8) is 0 Å². The van der Waals surface area contributed by atoms with Crippen molar-refractivity contribution in [1.29, 1.82) is 0 Å². The summed E-state index contributed by atoms with van der Waals surface area (Å²) in [7, 11) is 2.00. The lowest BCUT2D eigenvalue weighted by atomic mass is 10.0. The van der Waals surface area contributed by atoms with E-state index in [-0.39, 0.29) is 0 Å². The van der Waals surface area contributed by atoms with Gasteiger partial charge in [0, 0.05) is 13.1 Å². The Labute approximate surface area is 119 Å². The van der Waals surface area contributed by atoms with Crippen molar-refractivity contribution in [2.75, 3.05) is 13.6 Å². The van der Waals surface area contributed by atoms with Gasteiger partial charge in [-0.2, -0.15) is 11.3 Å². The average molecular weight is 274 g/mol. The van der Waals surface area contributed by atoms with Gasteiger partial charge in [-0.25, -0.2) is 0 Å². The smallest absolute Gasteiger partial charge is 0.0219 e. The molecule has 0 fully saturated rings. The van der Waals surface area contributed by atoms with Crippen LogP contribution in [0.3, 0.4) is 0 Å². The third-order valence-corrected chi connectivity index (χ3v) is 4.27. The summed E-state index contributed by atoms with van der Waals surface area (Å²) in [5.74, 6) is 0. The first-order valence-corrected chi connectivity index (χ1v) is 7.69. The minimum atomic E-state index is 0.940. The Balaban J connectivity index is 1.90. The number of thiophene rings is 1. The Morgan fingerprint density at radius 3 is 2.42 bits per heavy atom. The maximum Gasteiger partial charge on any atom is 0.0219 e. The fourth-order valence-electron chi connectivity index (χ4n) is 2.13. The van der Waals surface area contributed by atoms with E-state index in [1.54, 1.807) is 11.3 Å². The quantitative estimate of drug-likeness (QED) is 0.810. The molecule has 0 spiro atoms. The van der Waals surface area contributed by atoms with Gasteiger partial charge in [-0.1, -0.05) is 24.3 Å². The van der Waals surface area contributed by atoms with E-state index in [2.05, 4.69) is 52.6 Å². The van der Waals surface area contributed by atoms with Crippen LogP contribution >= 0.6 is 11.3 Å². The molecule has 0 amide bonds. The van der Waals surface area contributed by atoms with Crippen molar-refractivity contribution in [3.8, 4) is 0 Å². The van der Waals surface area contributed by atoms with Crippen molar-refractivity contribution in [3.05, 3.63) is 57.3 Å². The molecule has 0 aliphatic rings. The van der Waals surface area contributed by atoms with Gasteiger partial charge in [-0.15, -0.1) is 0 Å². The zero-order valence-electron chi connectivity index (χ0n) is 11.7. The van der Waals surface area contributed by atoms with E-state index < -0.39 is 0 Å². The normalized spacial score (nSPS) is 10.8. The van der Waals surface area contributed by atoms with Crippen LogP contribution in [-0.4, -0.2) is 13.6 Å². The molecule has 0 aliphatic carbocycles. The maximum atomic E-state index is 3.55. The SMILES string of the molecule is CNCCc1ccccc1CNCc1cscc1C. The number of benzene rings is 1. The molecular formula is C16H22N2S. The molecule has 0 radical (unpaired) electrons. The largest absolute Gasteiger partial charge is 0.319 e.